The van der Waals surface area contributed by atoms with Crippen LogP contribution in [0.25, 0.3) is 6.08 Å². The van der Waals surface area contributed by atoms with E-state index in [1.807, 2.05) is 43.3 Å². The smallest absolute Gasteiger partial charge is 0.244 e. The van der Waals surface area contributed by atoms with Gasteiger partial charge in [-0.05, 0) is 54.5 Å². The number of carbonyl (C=O) groups excluding carboxylic acids is 1. The van der Waals surface area contributed by atoms with E-state index in [1.165, 1.54) is 29.5 Å². The molecule has 2 heteroatoms. The van der Waals surface area contributed by atoms with Gasteiger partial charge in [0.1, 0.15) is 0 Å². The van der Waals surface area contributed by atoms with Gasteiger partial charge in [-0.25, -0.2) is 0 Å². The van der Waals surface area contributed by atoms with Crippen LogP contribution in [0.1, 0.15) is 41.6 Å². The number of fused-ring (bicyclic) bond motifs is 1. The lowest BCUT2D eigenvalue weighted by Gasteiger charge is -2.14. The van der Waals surface area contributed by atoms with Crippen LogP contribution in [0.2, 0.25) is 0 Å². The van der Waals surface area contributed by atoms with Gasteiger partial charge in [0.2, 0.25) is 5.91 Å². The molecule has 2 nitrogen and oxygen atoms in total. The Morgan fingerprint density at radius 3 is 2.68 bits per heavy atom. The van der Waals surface area contributed by atoms with Gasteiger partial charge >= 0.3 is 0 Å². The highest BCUT2D eigenvalue weighted by atomic mass is 16.1. The summed E-state index contributed by atoms with van der Waals surface area (Å²) in [6.07, 6.45) is 7.04. The molecule has 2 aromatic rings. The summed E-state index contributed by atoms with van der Waals surface area (Å²) in [6, 6.07) is 16.5. The summed E-state index contributed by atoms with van der Waals surface area (Å²) in [4.78, 5) is 12.0. The predicted octanol–water partition coefficient (Wildman–Crippen LogP) is 4.07. The van der Waals surface area contributed by atoms with Gasteiger partial charge in [0, 0.05) is 6.08 Å². The summed E-state index contributed by atoms with van der Waals surface area (Å²) in [5, 5.41) is 3.03. The fourth-order valence-corrected chi connectivity index (χ4v) is 2.94. The molecule has 1 amide bonds. The predicted molar refractivity (Wildman–Crippen MR) is 90.5 cm³/mol. The maximum atomic E-state index is 12.0. The molecule has 22 heavy (non-hydrogen) atoms. The first-order chi connectivity index (χ1) is 10.7. The molecule has 2 aromatic carbocycles. The molecule has 0 unspecified atom stereocenters. The average molecular weight is 291 g/mol. The van der Waals surface area contributed by atoms with Crippen LogP contribution < -0.4 is 5.32 Å². The zero-order chi connectivity index (χ0) is 15.4. The highest BCUT2D eigenvalue weighted by Gasteiger charge is 2.14. The number of benzene rings is 2. The molecular weight excluding hydrogens is 270 g/mol. The van der Waals surface area contributed by atoms with Gasteiger partial charge in [0.05, 0.1) is 6.04 Å². The van der Waals surface area contributed by atoms with Gasteiger partial charge in [-0.1, -0.05) is 48.5 Å². The minimum Gasteiger partial charge on any atom is -0.346 e. The van der Waals surface area contributed by atoms with E-state index >= 15 is 0 Å². The molecule has 1 N–H and O–H groups in total. The lowest BCUT2D eigenvalue weighted by atomic mass is 10.0. The van der Waals surface area contributed by atoms with E-state index in [9.17, 15) is 4.79 Å². The normalized spacial score (nSPS) is 14.8. The van der Waals surface area contributed by atoms with E-state index in [1.54, 1.807) is 6.08 Å². The van der Waals surface area contributed by atoms with Crippen LogP contribution in [0.3, 0.4) is 0 Å². The van der Waals surface area contributed by atoms with Crippen molar-refractivity contribution in [3.8, 4) is 0 Å². The van der Waals surface area contributed by atoms with Crippen LogP contribution >= 0.6 is 0 Å². The largest absolute Gasteiger partial charge is 0.346 e. The van der Waals surface area contributed by atoms with Crippen molar-refractivity contribution in [1.29, 1.82) is 0 Å². The Kier molecular flexibility index (Phi) is 4.38. The Balaban J connectivity index is 1.62. The molecule has 0 bridgehead atoms. The molecule has 0 saturated heterocycles. The minimum atomic E-state index is -0.0585. The zero-order valence-electron chi connectivity index (χ0n) is 12.9. The van der Waals surface area contributed by atoms with E-state index in [2.05, 4.69) is 23.5 Å². The third kappa shape index (κ3) is 3.45. The molecule has 0 heterocycles. The molecule has 1 atom stereocenters. The second-order valence-corrected chi connectivity index (χ2v) is 5.86. The first-order valence-corrected chi connectivity index (χ1v) is 7.88. The van der Waals surface area contributed by atoms with Crippen molar-refractivity contribution in [2.75, 3.05) is 0 Å². The minimum absolute atomic E-state index is 0.0267. The van der Waals surface area contributed by atoms with Crippen molar-refractivity contribution in [2.24, 2.45) is 0 Å². The van der Waals surface area contributed by atoms with Gasteiger partial charge in [-0.15, -0.1) is 0 Å². The van der Waals surface area contributed by atoms with Crippen molar-refractivity contribution in [3.05, 3.63) is 76.9 Å². The third-order valence-corrected chi connectivity index (χ3v) is 4.21. The standard InChI is InChI=1S/C20H21NO/c1-15(18-12-11-17-8-5-9-19(17)14-18)21-20(22)13-10-16-6-3-2-4-7-16/h2-4,6-7,10-15H,5,8-9H2,1H3,(H,21,22)/b13-10+/t15-/m0/s1. The topological polar surface area (TPSA) is 29.1 Å². The first-order valence-electron chi connectivity index (χ1n) is 7.88. The SMILES string of the molecule is C[C@H](NC(=O)/C=C/c1ccccc1)c1ccc2c(c1)CCC2. The lowest BCUT2D eigenvalue weighted by Crippen LogP contribution is -2.24. The van der Waals surface area contributed by atoms with Crippen LogP contribution in [0.15, 0.2) is 54.6 Å². The molecule has 1 aliphatic carbocycles. The van der Waals surface area contributed by atoms with Crippen LogP contribution in [-0.4, -0.2) is 5.91 Å². The lowest BCUT2D eigenvalue weighted by molar-refractivity contribution is -0.117. The van der Waals surface area contributed by atoms with E-state index in [4.69, 9.17) is 0 Å². The molecule has 0 aromatic heterocycles. The maximum Gasteiger partial charge on any atom is 0.244 e. The molecule has 1 aliphatic rings. The molecule has 112 valence electrons. The fourth-order valence-electron chi connectivity index (χ4n) is 2.94. The van der Waals surface area contributed by atoms with Crippen molar-refractivity contribution in [1.82, 2.24) is 5.32 Å². The van der Waals surface area contributed by atoms with Gasteiger partial charge in [0.15, 0.2) is 0 Å². The number of aryl methyl sites for hydroxylation is 2. The fraction of sp³-hybridized carbons (Fsp3) is 0.250. The number of carbonyl (C=O) groups is 1. The maximum absolute atomic E-state index is 12.0. The summed E-state index contributed by atoms with van der Waals surface area (Å²) in [7, 11) is 0. The Morgan fingerprint density at radius 1 is 1.09 bits per heavy atom. The van der Waals surface area contributed by atoms with E-state index in [0.717, 1.165) is 12.0 Å². The summed E-state index contributed by atoms with van der Waals surface area (Å²) in [5.74, 6) is -0.0585. The van der Waals surface area contributed by atoms with Crippen molar-refractivity contribution < 1.29 is 4.79 Å². The Hall–Kier alpha value is -2.35. The summed E-state index contributed by atoms with van der Waals surface area (Å²) >= 11 is 0. The Bertz CT molecular complexity index is 688. The molecular formula is C20H21NO. The summed E-state index contributed by atoms with van der Waals surface area (Å²) in [6.45, 7) is 2.03. The van der Waals surface area contributed by atoms with E-state index < -0.39 is 0 Å². The summed E-state index contributed by atoms with van der Waals surface area (Å²) < 4.78 is 0. The van der Waals surface area contributed by atoms with Gasteiger partial charge in [0.25, 0.3) is 0 Å². The Labute approximate surface area is 131 Å². The monoisotopic (exact) mass is 291 g/mol. The van der Waals surface area contributed by atoms with Gasteiger partial charge in [-0.2, -0.15) is 0 Å². The molecule has 0 saturated carbocycles. The van der Waals surface area contributed by atoms with Crippen LogP contribution in [0.5, 0.6) is 0 Å². The molecule has 0 aliphatic heterocycles. The van der Waals surface area contributed by atoms with Crippen molar-refractivity contribution >= 4 is 12.0 Å². The molecule has 0 spiro atoms. The number of hydrogen-bond acceptors (Lipinski definition) is 1. The highest BCUT2D eigenvalue weighted by Crippen LogP contribution is 2.25. The second-order valence-electron chi connectivity index (χ2n) is 5.86. The molecule has 3 rings (SSSR count). The van der Waals surface area contributed by atoms with Crippen molar-refractivity contribution in [2.45, 2.75) is 32.2 Å². The van der Waals surface area contributed by atoms with E-state index in [0.29, 0.717) is 0 Å². The zero-order valence-corrected chi connectivity index (χ0v) is 12.9. The quantitative estimate of drug-likeness (QED) is 0.845. The van der Waals surface area contributed by atoms with E-state index in [-0.39, 0.29) is 11.9 Å². The van der Waals surface area contributed by atoms with Crippen LogP contribution in [-0.2, 0) is 17.6 Å². The average Bonchev–Trinajstić information content (AvgIpc) is 3.01. The van der Waals surface area contributed by atoms with Gasteiger partial charge in [-0.3, -0.25) is 4.79 Å². The summed E-state index contributed by atoms with van der Waals surface area (Å²) in [5.41, 5.74) is 5.12. The highest BCUT2D eigenvalue weighted by molar-refractivity contribution is 5.91. The molecule has 0 fully saturated rings. The van der Waals surface area contributed by atoms with Gasteiger partial charge < -0.3 is 5.32 Å². The number of nitrogens with one attached hydrogen (secondary N) is 1. The first kappa shape index (κ1) is 14.6. The number of amides is 1. The number of rotatable bonds is 4. The third-order valence-electron chi connectivity index (χ3n) is 4.21. The van der Waals surface area contributed by atoms with Crippen LogP contribution in [0, 0.1) is 0 Å². The Morgan fingerprint density at radius 2 is 1.86 bits per heavy atom. The van der Waals surface area contributed by atoms with Crippen molar-refractivity contribution in [3.63, 3.8) is 0 Å². The van der Waals surface area contributed by atoms with Crippen LogP contribution in [0.4, 0.5) is 0 Å². The molecule has 0 radical (unpaired) electrons. The second kappa shape index (κ2) is 6.61. The number of hydrogen-bond donors (Lipinski definition) is 1.